The van der Waals surface area contributed by atoms with Crippen LogP contribution in [0.1, 0.15) is 34.3 Å². The second-order valence-corrected chi connectivity index (χ2v) is 8.41. The van der Waals surface area contributed by atoms with Gasteiger partial charge in [-0.2, -0.15) is 0 Å². The van der Waals surface area contributed by atoms with Gasteiger partial charge in [-0.1, -0.05) is 18.2 Å². The smallest absolute Gasteiger partial charge is 0.251 e. The first-order valence-corrected chi connectivity index (χ1v) is 10.9. The molecule has 0 aromatic heterocycles. The Morgan fingerprint density at radius 1 is 1.06 bits per heavy atom. The molecule has 0 unspecified atom stereocenters. The van der Waals surface area contributed by atoms with E-state index in [4.69, 9.17) is 4.74 Å². The number of amides is 2. The van der Waals surface area contributed by atoms with Gasteiger partial charge in [-0.05, 0) is 48.2 Å². The van der Waals surface area contributed by atoms with Gasteiger partial charge in [-0.3, -0.25) is 14.5 Å². The van der Waals surface area contributed by atoms with E-state index in [1.165, 1.54) is 6.07 Å². The molecule has 2 amide bonds. The van der Waals surface area contributed by atoms with E-state index in [1.54, 1.807) is 24.3 Å². The number of benzene rings is 2. The van der Waals surface area contributed by atoms with Crippen LogP contribution in [0.5, 0.6) is 0 Å². The summed E-state index contributed by atoms with van der Waals surface area (Å²) in [6, 6.07) is 11.3. The van der Waals surface area contributed by atoms with Gasteiger partial charge in [0.25, 0.3) is 5.91 Å². The number of halogens is 2. The van der Waals surface area contributed by atoms with Crippen LogP contribution >= 0.6 is 0 Å². The lowest BCUT2D eigenvalue weighted by atomic mass is 10.1. The van der Waals surface area contributed by atoms with Gasteiger partial charge in [-0.25, -0.2) is 8.78 Å². The molecule has 0 spiro atoms. The first kappa shape index (κ1) is 22.4. The van der Waals surface area contributed by atoms with Gasteiger partial charge in [0, 0.05) is 37.8 Å². The summed E-state index contributed by atoms with van der Waals surface area (Å²) in [5, 5.41) is 5.84. The van der Waals surface area contributed by atoms with Crippen LogP contribution < -0.4 is 10.6 Å². The maximum absolute atomic E-state index is 13.4. The topological polar surface area (TPSA) is 70.7 Å². The van der Waals surface area contributed by atoms with Crippen molar-refractivity contribution in [1.29, 1.82) is 0 Å². The molecule has 0 bridgehead atoms. The second-order valence-electron chi connectivity index (χ2n) is 8.41. The summed E-state index contributed by atoms with van der Waals surface area (Å²) in [5.41, 5.74) is 2.03. The minimum Gasteiger partial charge on any atom is -0.374 e. The summed E-state index contributed by atoms with van der Waals surface area (Å²) in [7, 11) is 0. The second kappa shape index (κ2) is 10.2. The fourth-order valence-corrected chi connectivity index (χ4v) is 3.74. The van der Waals surface area contributed by atoms with Gasteiger partial charge in [0.05, 0.1) is 19.1 Å². The Bertz CT molecular complexity index is 981. The van der Waals surface area contributed by atoms with Crippen molar-refractivity contribution in [1.82, 2.24) is 15.5 Å². The summed E-state index contributed by atoms with van der Waals surface area (Å²) < 4.78 is 32.3. The third-order valence-electron chi connectivity index (χ3n) is 5.61. The highest BCUT2D eigenvalue weighted by Crippen LogP contribution is 2.19. The number of carbonyl (C=O) groups excluding carboxylic acids is 2. The van der Waals surface area contributed by atoms with Crippen molar-refractivity contribution in [2.24, 2.45) is 0 Å². The van der Waals surface area contributed by atoms with Crippen molar-refractivity contribution in [3.05, 3.63) is 70.8 Å². The van der Waals surface area contributed by atoms with Gasteiger partial charge in [0.15, 0.2) is 11.6 Å². The molecule has 6 nitrogen and oxygen atoms in total. The van der Waals surface area contributed by atoms with E-state index in [0.29, 0.717) is 43.9 Å². The van der Waals surface area contributed by atoms with Crippen molar-refractivity contribution >= 4 is 11.8 Å². The monoisotopic (exact) mass is 443 g/mol. The van der Waals surface area contributed by atoms with Crippen molar-refractivity contribution in [3.8, 4) is 0 Å². The summed E-state index contributed by atoms with van der Waals surface area (Å²) >= 11 is 0. The summed E-state index contributed by atoms with van der Waals surface area (Å²) in [5.74, 6) is -1.96. The maximum Gasteiger partial charge on any atom is 0.251 e. The third kappa shape index (κ3) is 6.34. The predicted molar refractivity (Wildman–Crippen MR) is 115 cm³/mol. The molecule has 1 atom stereocenters. The van der Waals surface area contributed by atoms with Crippen LogP contribution in [-0.2, 0) is 22.5 Å². The fraction of sp³-hybridized carbons (Fsp3) is 0.417. The standard InChI is InChI=1S/C24H27F2N3O3/c25-21-7-4-17(11-22(21)26)14-29-8-9-32-20(15-29)13-27-23(30)12-16-2-1-3-18(10-16)24(31)28-19-5-6-19/h1-4,7,10-11,19-20H,5-6,8-9,12-15H2,(H,27,30)(H,28,31)/t20-/m0/s1. The fourth-order valence-electron chi connectivity index (χ4n) is 3.74. The molecule has 1 saturated heterocycles. The molecule has 2 aromatic rings. The SMILES string of the molecule is O=C(Cc1cccc(C(=O)NC2CC2)c1)NC[C@H]1CN(Cc2ccc(F)c(F)c2)CCO1. The van der Waals surface area contributed by atoms with Crippen LogP contribution in [0.25, 0.3) is 0 Å². The average molecular weight is 443 g/mol. The van der Waals surface area contributed by atoms with Gasteiger partial charge >= 0.3 is 0 Å². The van der Waals surface area contributed by atoms with Crippen molar-refractivity contribution in [2.45, 2.75) is 38.0 Å². The van der Waals surface area contributed by atoms with E-state index in [1.807, 2.05) is 6.07 Å². The average Bonchev–Trinajstić information content (AvgIpc) is 3.59. The Morgan fingerprint density at radius 3 is 2.69 bits per heavy atom. The lowest BCUT2D eigenvalue weighted by Gasteiger charge is -2.33. The zero-order valence-corrected chi connectivity index (χ0v) is 17.8. The zero-order chi connectivity index (χ0) is 22.5. The third-order valence-corrected chi connectivity index (χ3v) is 5.61. The first-order valence-electron chi connectivity index (χ1n) is 10.9. The first-order chi connectivity index (χ1) is 15.5. The molecule has 1 heterocycles. The van der Waals surface area contributed by atoms with Crippen LogP contribution in [0.2, 0.25) is 0 Å². The van der Waals surface area contributed by atoms with E-state index < -0.39 is 11.6 Å². The Kier molecular flexibility index (Phi) is 7.12. The van der Waals surface area contributed by atoms with Crippen LogP contribution in [-0.4, -0.2) is 55.1 Å². The van der Waals surface area contributed by atoms with Gasteiger partial charge in [-0.15, -0.1) is 0 Å². The van der Waals surface area contributed by atoms with Gasteiger partial charge in [0.2, 0.25) is 5.91 Å². The van der Waals surface area contributed by atoms with Crippen LogP contribution in [0.4, 0.5) is 8.78 Å². The highest BCUT2D eigenvalue weighted by Gasteiger charge is 2.24. The molecule has 2 N–H and O–H groups in total. The number of morpholine rings is 1. The van der Waals surface area contributed by atoms with Gasteiger partial charge in [0.1, 0.15) is 0 Å². The summed E-state index contributed by atoms with van der Waals surface area (Å²) in [4.78, 5) is 26.7. The number of ether oxygens (including phenoxy) is 1. The molecule has 1 saturated carbocycles. The lowest BCUT2D eigenvalue weighted by Crippen LogP contribution is -2.47. The number of hydrogen-bond acceptors (Lipinski definition) is 4. The van der Waals surface area contributed by atoms with Crippen LogP contribution in [0.3, 0.4) is 0 Å². The molecular weight excluding hydrogens is 416 g/mol. The molecule has 1 aliphatic carbocycles. The van der Waals surface area contributed by atoms with E-state index in [9.17, 15) is 18.4 Å². The number of carbonyl (C=O) groups is 2. The highest BCUT2D eigenvalue weighted by molar-refractivity contribution is 5.95. The number of nitrogens with zero attached hydrogens (tertiary/aromatic N) is 1. The molecular formula is C24H27F2N3O3. The van der Waals surface area contributed by atoms with Crippen molar-refractivity contribution < 1.29 is 23.1 Å². The largest absolute Gasteiger partial charge is 0.374 e. The Labute approximate surface area is 185 Å². The van der Waals surface area contributed by atoms with Crippen molar-refractivity contribution in [2.75, 3.05) is 26.2 Å². The van der Waals surface area contributed by atoms with E-state index >= 15 is 0 Å². The summed E-state index contributed by atoms with van der Waals surface area (Å²) in [6.07, 6.45) is 2.04. The maximum atomic E-state index is 13.4. The summed E-state index contributed by atoms with van der Waals surface area (Å²) in [6.45, 7) is 2.60. The Morgan fingerprint density at radius 2 is 1.91 bits per heavy atom. The minimum absolute atomic E-state index is 0.105. The Balaban J connectivity index is 1.23. The molecule has 4 rings (SSSR count). The molecule has 2 aromatic carbocycles. The highest BCUT2D eigenvalue weighted by atomic mass is 19.2. The molecule has 2 fully saturated rings. The molecule has 1 aliphatic heterocycles. The van der Waals surface area contributed by atoms with Crippen molar-refractivity contribution in [3.63, 3.8) is 0 Å². The lowest BCUT2D eigenvalue weighted by molar-refractivity contribution is -0.121. The van der Waals surface area contributed by atoms with Crippen LogP contribution in [0, 0.1) is 11.6 Å². The molecule has 2 aliphatic rings. The van der Waals surface area contributed by atoms with Gasteiger partial charge < -0.3 is 15.4 Å². The molecule has 8 heteroatoms. The quantitative estimate of drug-likeness (QED) is 0.658. The number of hydrogen-bond donors (Lipinski definition) is 2. The molecule has 32 heavy (non-hydrogen) atoms. The Hall–Kier alpha value is -2.84. The zero-order valence-electron chi connectivity index (χ0n) is 17.8. The minimum atomic E-state index is -0.856. The van der Waals surface area contributed by atoms with E-state index in [0.717, 1.165) is 24.5 Å². The van der Waals surface area contributed by atoms with E-state index in [2.05, 4.69) is 15.5 Å². The van der Waals surface area contributed by atoms with E-state index in [-0.39, 0.29) is 30.4 Å². The normalized spacial score (nSPS) is 18.9. The molecule has 0 radical (unpaired) electrons. The molecule has 170 valence electrons. The number of rotatable bonds is 8. The van der Waals surface area contributed by atoms with Crippen LogP contribution in [0.15, 0.2) is 42.5 Å². The number of nitrogens with one attached hydrogen (secondary N) is 2. The predicted octanol–water partition coefficient (Wildman–Crippen LogP) is 2.42.